The van der Waals surface area contributed by atoms with Gasteiger partial charge < -0.3 is 16.0 Å². The summed E-state index contributed by atoms with van der Waals surface area (Å²) in [6, 6.07) is 18.8. The molecule has 4 nitrogen and oxygen atoms in total. The SMILES string of the molecule is C1CCNC1.C=C(NCc1cccc2ccccc12)c1nc(NC)ccc1C. The maximum absolute atomic E-state index is 4.59. The van der Waals surface area contributed by atoms with Gasteiger partial charge in [0.25, 0.3) is 0 Å². The van der Waals surface area contributed by atoms with Crippen LogP contribution in [0.1, 0.15) is 29.7 Å². The fourth-order valence-electron chi connectivity index (χ4n) is 3.33. The summed E-state index contributed by atoms with van der Waals surface area (Å²) in [4.78, 5) is 4.59. The molecule has 1 aliphatic rings. The lowest BCUT2D eigenvalue weighted by Crippen LogP contribution is -2.13. The molecule has 28 heavy (non-hydrogen) atoms. The van der Waals surface area contributed by atoms with Crippen LogP contribution in [0.2, 0.25) is 0 Å². The summed E-state index contributed by atoms with van der Waals surface area (Å²) in [5.41, 5.74) is 4.11. The molecule has 0 spiro atoms. The van der Waals surface area contributed by atoms with Crippen molar-refractivity contribution in [2.45, 2.75) is 26.3 Å². The summed E-state index contributed by atoms with van der Waals surface area (Å²) in [6.45, 7) is 9.43. The number of aryl methyl sites for hydroxylation is 1. The topological polar surface area (TPSA) is 49.0 Å². The molecule has 0 aliphatic carbocycles. The van der Waals surface area contributed by atoms with Crippen molar-refractivity contribution in [1.82, 2.24) is 15.6 Å². The largest absolute Gasteiger partial charge is 0.380 e. The van der Waals surface area contributed by atoms with Gasteiger partial charge in [0, 0.05) is 13.6 Å². The molecule has 4 rings (SSSR count). The summed E-state index contributed by atoms with van der Waals surface area (Å²) in [7, 11) is 1.87. The summed E-state index contributed by atoms with van der Waals surface area (Å²) < 4.78 is 0. The quantitative estimate of drug-likeness (QED) is 0.605. The Balaban J connectivity index is 0.000000391. The van der Waals surface area contributed by atoms with Crippen molar-refractivity contribution in [3.63, 3.8) is 0 Å². The van der Waals surface area contributed by atoms with Crippen LogP contribution >= 0.6 is 0 Å². The Morgan fingerprint density at radius 2 is 1.79 bits per heavy atom. The second-order valence-electron chi connectivity index (χ2n) is 7.04. The molecule has 0 saturated carbocycles. The van der Waals surface area contributed by atoms with Gasteiger partial charge in [0.2, 0.25) is 0 Å². The first-order valence-corrected chi connectivity index (χ1v) is 9.95. The van der Waals surface area contributed by atoms with E-state index in [0.717, 1.165) is 29.3 Å². The van der Waals surface area contributed by atoms with E-state index in [2.05, 4.69) is 76.0 Å². The van der Waals surface area contributed by atoms with Crippen molar-refractivity contribution in [1.29, 1.82) is 0 Å². The lowest BCUT2D eigenvalue weighted by atomic mass is 10.0. The van der Waals surface area contributed by atoms with Crippen LogP contribution in [-0.2, 0) is 6.54 Å². The van der Waals surface area contributed by atoms with E-state index in [0.29, 0.717) is 0 Å². The summed E-state index contributed by atoms with van der Waals surface area (Å²) >= 11 is 0. The van der Waals surface area contributed by atoms with Crippen LogP contribution in [0.15, 0.2) is 61.2 Å². The number of nitrogens with one attached hydrogen (secondary N) is 3. The molecular formula is C24H30N4. The number of pyridine rings is 1. The Morgan fingerprint density at radius 3 is 2.50 bits per heavy atom. The Bertz CT molecular complexity index is 916. The number of benzene rings is 2. The van der Waals surface area contributed by atoms with Gasteiger partial charge in [-0.2, -0.15) is 0 Å². The maximum Gasteiger partial charge on any atom is 0.126 e. The average molecular weight is 375 g/mol. The molecular weight excluding hydrogens is 344 g/mol. The Morgan fingerprint density at radius 1 is 1.04 bits per heavy atom. The molecule has 1 fully saturated rings. The minimum Gasteiger partial charge on any atom is -0.380 e. The molecule has 3 N–H and O–H groups in total. The number of aromatic nitrogens is 1. The van der Waals surface area contributed by atoms with Crippen molar-refractivity contribution in [2.75, 3.05) is 25.5 Å². The van der Waals surface area contributed by atoms with Gasteiger partial charge in [0.1, 0.15) is 5.82 Å². The van der Waals surface area contributed by atoms with Crippen molar-refractivity contribution in [2.24, 2.45) is 0 Å². The first kappa shape index (κ1) is 19.9. The van der Waals surface area contributed by atoms with E-state index in [-0.39, 0.29) is 0 Å². The van der Waals surface area contributed by atoms with E-state index in [9.17, 15) is 0 Å². The smallest absolute Gasteiger partial charge is 0.126 e. The van der Waals surface area contributed by atoms with Gasteiger partial charge >= 0.3 is 0 Å². The van der Waals surface area contributed by atoms with Crippen LogP contribution in [-0.4, -0.2) is 25.1 Å². The van der Waals surface area contributed by atoms with Crippen molar-refractivity contribution < 1.29 is 0 Å². The van der Waals surface area contributed by atoms with Crippen molar-refractivity contribution in [3.8, 4) is 0 Å². The van der Waals surface area contributed by atoms with Crippen LogP contribution in [0.25, 0.3) is 16.5 Å². The molecule has 1 aromatic heterocycles. The third kappa shape index (κ3) is 5.11. The van der Waals surface area contributed by atoms with Gasteiger partial charge in [-0.15, -0.1) is 0 Å². The average Bonchev–Trinajstić information content (AvgIpc) is 3.32. The normalized spacial score (nSPS) is 12.9. The number of hydrogen-bond donors (Lipinski definition) is 3. The first-order valence-electron chi connectivity index (χ1n) is 9.95. The van der Waals surface area contributed by atoms with Crippen molar-refractivity contribution >= 4 is 22.3 Å². The number of fused-ring (bicyclic) bond motifs is 1. The lowest BCUT2D eigenvalue weighted by Gasteiger charge is -2.14. The maximum atomic E-state index is 4.59. The highest BCUT2D eigenvalue weighted by molar-refractivity contribution is 5.85. The summed E-state index contributed by atoms with van der Waals surface area (Å²) in [6.07, 6.45) is 2.78. The molecule has 0 atom stereocenters. The van der Waals surface area contributed by atoms with E-state index in [4.69, 9.17) is 0 Å². The Hall–Kier alpha value is -2.85. The zero-order valence-electron chi connectivity index (χ0n) is 16.9. The molecule has 0 bridgehead atoms. The number of rotatable bonds is 5. The minimum atomic E-state index is 0.727. The monoisotopic (exact) mass is 374 g/mol. The number of hydrogen-bond acceptors (Lipinski definition) is 4. The van der Waals surface area contributed by atoms with Gasteiger partial charge in [-0.1, -0.05) is 55.1 Å². The standard InChI is InChI=1S/C20H21N3.C4H9N/c1-14-11-12-19(21-3)23-20(14)15(2)22-13-17-9-6-8-16-7-4-5-10-18(16)17;1-2-4-5-3-1/h4-12,22H,2,13H2,1,3H3,(H,21,23);5H,1-4H2. The minimum absolute atomic E-state index is 0.727. The summed E-state index contributed by atoms with van der Waals surface area (Å²) in [5.74, 6) is 0.846. The van der Waals surface area contributed by atoms with Gasteiger partial charge in [0.15, 0.2) is 0 Å². The van der Waals surface area contributed by atoms with Crippen LogP contribution in [0, 0.1) is 6.92 Å². The van der Waals surface area contributed by atoms with E-state index >= 15 is 0 Å². The van der Waals surface area contributed by atoms with E-state index in [1.807, 2.05) is 20.0 Å². The molecule has 4 heteroatoms. The third-order valence-corrected chi connectivity index (χ3v) is 4.97. The van der Waals surface area contributed by atoms with Gasteiger partial charge in [-0.05, 0) is 60.8 Å². The number of anilines is 1. The highest BCUT2D eigenvalue weighted by Crippen LogP contribution is 2.20. The molecule has 1 saturated heterocycles. The first-order chi connectivity index (χ1) is 13.7. The fourth-order valence-corrected chi connectivity index (χ4v) is 3.33. The molecule has 3 aromatic rings. The lowest BCUT2D eigenvalue weighted by molar-refractivity contribution is 0.857. The zero-order chi connectivity index (χ0) is 19.8. The molecule has 2 aromatic carbocycles. The Kier molecular flexibility index (Phi) is 7.04. The molecule has 2 heterocycles. The highest BCUT2D eigenvalue weighted by atomic mass is 15.0. The highest BCUT2D eigenvalue weighted by Gasteiger charge is 2.07. The van der Waals surface area contributed by atoms with Gasteiger partial charge in [0.05, 0.1) is 11.4 Å². The van der Waals surface area contributed by atoms with Gasteiger partial charge in [-0.3, -0.25) is 0 Å². The van der Waals surface area contributed by atoms with E-state index < -0.39 is 0 Å². The molecule has 1 aliphatic heterocycles. The van der Waals surface area contributed by atoms with E-state index in [1.165, 1.54) is 42.3 Å². The van der Waals surface area contributed by atoms with Gasteiger partial charge in [-0.25, -0.2) is 4.98 Å². The molecule has 146 valence electrons. The molecule has 0 amide bonds. The van der Waals surface area contributed by atoms with Crippen molar-refractivity contribution in [3.05, 3.63) is 78.0 Å². The predicted molar refractivity (Wildman–Crippen MR) is 120 cm³/mol. The second kappa shape index (κ2) is 9.90. The van der Waals surface area contributed by atoms with Crippen LogP contribution in [0.5, 0.6) is 0 Å². The summed E-state index contributed by atoms with van der Waals surface area (Å²) in [5, 5.41) is 12.2. The second-order valence-corrected chi connectivity index (χ2v) is 7.04. The molecule has 0 radical (unpaired) electrons. The zero-order valence-corrected chi connectivity index (χ0v) is 16.9. The van der Waals surface area contributed by atoms with Crippen LogP contribution in [0.4, 0.5) is 5.82 Å². The van der Waals surface area contributed by atoms with E-state index in [1.54, 1.807) is 0 Å². The van der Waals surface area contributed by atoms with Crippen LogP contribution < -0.4 is 16.0 Å². The molecule has 0 unspecified atom stereocenters. The Labute approximate surface area is 168 Å². The predicted octanol–water partition coefficient (Wildman–Crippen LogP) is 4.72. The van der Waals surface area contributed by atoms with Crippen LogP contribution in [0.3, 0.4) is 0 Å². The third-order valence-electron chi connectivity index (χ3n) is 4.97. The fraction of sp³-hybridized carbons (Fsp3) is 0.292. The number of nitrogens with zero attached hydrogens (tertiary/aromatic N) is 1.